The van der Waals surface area contributed by atoms with Gasteiger partial charge in [0.1, 0.15) is 0 Å². The first kappa shape index (κ1) is 17.5. The maximum Gasteiger partial charge on any atom is 0.197 e. The summed E-state index contributed by atoms with van der Waals surface area (Å²) >= 11 is 1.72. The van der Waals surface area contributed by atoms with Crippen molar-refractivity contribution >= 4 is 37.2 Å². The molecular formula is C22H26N2OS. The SMILES string of the molecule is Cc1ccc(NCCN2CCCCCC2)c2c(=O)c3ccccc3sc12. The number of nitrogens with one attached hydrogen (secondary N) is 1. The van der Waals surface area contributed by atoms with Crippen molar-refractivity contribution in [2.24, 2.45) is 0 Å². The molecule has 4 rings (SSSR count). The third-order valence-electron chi connectivity index (χ3n) is 5.37. The summed E-state index contributed by atoms with van der Waals surface area (Å²) in [6, 6.07) is 12.1. The van der Waals surface area contributed by atoms with Crippen LogP contribution in [-0.4, -0.2) is 31.1 Å². The van der Waals surface area contributed by atoms with Gasteiger partial charge in [0.05, 0.1) is 5.39 Å². The van der Waals surface area contributed by atoms with Gasteiger partial charge in [-0.3, -0.25) is 4.79 Å². The molecule has 3 aromatic rings. The summed E-state index contributed by atoms with van der Waals surface area (Å²) in [5, 5.41) is 5.23. The third-order valence-corrected chi connectivity index (χ3v) is 6.67. The number of hydrogen-bond acceptors (Lipinski definition) is 4. The molecule has 0 bridgehead atoms. The molecule has 4 heteroatoms. The predicted octanol–water partition coefficient (Wildman–Crippen LogP) is 5.01. The molecule has 136 valence electrons. The van der Waals surface area contributed by atoms with Crippen LogP contribution < -0.4 is 10.7 Å². The van der Waals surface area contributed by atoms with Gasteiger partial charge >= 0.3 is 0 Å². The van der Waals surface area contributed by atoms with Gasteiger partial charge in [-0.05, 0) is 56.6 Å². The Labute approximate surface area is 158 Å². The van der Waals surface area contributed by atoms with Crippen LogP contribution in [0.25, 0.3) is 20.2 Å². The van der Waals surface area contributed by atoms with Crippen LogP contribution in [0.15, 0.2) is 41.2 Å². The van der Waals surface area contributed by atoms with Gasteiger partial charge in [-0.2, -0.15) is 0 Å². The molecule has 0 aliphatic carbocycles. The molecule has 0 spiro atoms. The van der Waals surface area contributed by atoms with E-state index in [1.54, 1.807) is 11.3 Å². The summed E-state index contributed by atoms with van der Waals surface area (Å²) in [5.41, 5.74) is 2.30. The number of likely N-dealkylation sites (tertiary alicyclic amines) is 1. The largest absolute Gasteiger partial charge is 0.383 e. The number of nitrogens with zero attached hydrogens (tertiary/aromatic N) is 1. The Morgan fingerprint density at radius 1 is 1.04 bits per heavy atom. The Kier molecular flexibility index (Phi) is 5.23. The van der Waals surface area contributed by atoms with Gasteiger partial charge in [0, 0.05) is 33.6 Å². The minimum Gasteiger partial charge on any atom is -0.383 e. The highest BCUT2D eigenvalue weighted by Gasteiger charge is 2.13. The second kappa shape index (κ2) is 7.77. The van der Waals surface area contributed by atoms with Crippen LogP contribution in [0.5, 0.6) is 0 Å². The van der Waals surface area contributed by atoms with Gasteiger partial charge in [-0.1, -0.05) is 31.0 Å². The van der Waals surface area contributed by atoms with E-state index in [0.717, 1.165) is 38.9 Å². The molecule has 1 aliphatic rings. The summed E-state index contributed by atoms with van der Waals surface area (Å²) in [6.45, 7) is 6.43. The number of hydrogen-bond donors (Lipinski definition) is 1. The van der Waals surface area contributed by atoms with Crippen molar-refractivity contribution in [3.63, 3.8) is 0 Å². The fourth-order valence-corrected chi connectivity index (χ4v) is 5.06. The molecule has 1 saturated heterocycles. The van der Waals surface area contributed by atoms with Crippen LogP contribution in [0.3, 0.4) is 0 Å². The first-order chi connectivity index (χ1) is 12.7. The lowest BCUT2D eigenvalue weighted by Gasteiger charge is -2.20. The second-order valence-corrected chi connectivity index (χ2v) is 8.30. The fraction of sp³-hybridized carbons (Fsp3) is 0.409. The van der Waals surface area contributed by atoms with Crippen molar-refractivity contribution in [2.45, 2.75) is 32.6 Å². The molecule has 0 unspecified atom stereocenters. The minimum absolute atomic E-state index is 0.148. The smallest absolute Gasteiger partial charge is 0.197 e. The topological polar surface area (TPSA) is 32.3 Å². The lowest BCUT2D eigenvalue weighted by atomic mass is 10.1. The number of benzene rings is 2. The molecule has 0 atom stereocenters. The Bertz CT molecular complexity index is 971. The standard InChI is InChI=1S/C22H26N2OS/c1-16-10-11-18(23-12-15-24-13-6-2-3-7-14-24)20-21(25)17-8-4-5-9-19(17)26-22(16)20/h4-5,8-11,23H,2-3,6-7,12-15H2,1H3. The van der Waals surface area contributed by atoms with Gasteiger partial charge in [-0.15, -0.1) is 11.3 Å². The van der Waals surface area contributed by atoms with E-state index in [9.17, 15) is 4.79 Å². The van der Waals surface area contributed by atoms with Crippen LogP contribution in [0.1, 0.15) is 31.2 Å². The molecule has 2 heterocycles. The Morgan fingerprint density at radius 3 is 2.62 bits per heavy atom. The number of rotatable bonds is 4. The lowest BCUT2D eigenvalue weighted by Crippen LogP contribution is -2.30. The van der Waals surface area contributed by atoms with Crippen LogP contribution in [0.2, 0.25) is 0 Å². The number of anilines is 1. The van der Waals surface area contributed by atoms with E-state index < -0.39 is 0 Å². The fourth-order valence-electron chi connectivity index (χ4n) is 3.89. The molecule has 1 aliphatic heterocycles. The molecule has 0 amide bonds. The summed E-state index contributed by atoms with van der Waals surface area (Å²) < 4.78 is 2.17. The Hall–Kier alpha value is -1.91. The molecule has 26 heavy (non-hydrogen) atoms. The Balaban J connectivity index is 1.63. The van der Waals surface area contributed by atoms with Crippen molar-refractivity contribution < 1.29 is 0 Å². The van der Waals surface area contributed by atoms with Gasteiger partial charge in [0.15, 0.2) is 5.43 Å². The third kappa shape index (κ3) is 3.49. The van der Waals surface area contributed by atoms with E-state index in [4.69, 9.17) is 0 Å². The van der Waals surface area contributed by atoms with Gasteiger partial charge in [0.2, 0.25) is 0 Å². The van der Waals surface area contributed by atoms with E-state index in [1.807, 2.05) is 24.3 Å². The molecule has 1 N–H and O–H groups in total. The van der Waals surface area contributed by atoms with Crippen LogP contribution >= 0.6 is 11.3 Å². The van der Waals surface area contributed by atoms with Gasteiger partial charge < -0.3 is 10.2 Å². The van der Waals surface area contributed by atoms with E-state index in [2.05, 4.69) is 29.3 Å². The zero-order valence-electron chi connectivity index (χ0n) is 15.4. The van der Waals surface area contributed by atoms with E-state index >= 15 is 0 Å². The summed E-state index contributed by atoms with van der Waals surface area (Å²) in [5.74, 6) is 0. The predicted molar refractivity (Wildman–Crippen MR) is 114 cm³/mol. The van der Waals surface area contributed by atoms with Crippen molar-refractivity contribution in [3.8, 4) is 0 Å². The number of fused-ring (bicyclic) bond motifs is 2. The van der Waals surface area contributed by atoms with Crippen LogP contribution in [0, 0.1) is 6.92 Å². The number of aryl methyl sites for hydroxylation is 1. The van der Waals surface area contributed by atoms with Crippen molar-refractivity contribution in [3.05, 3.63) is 52.2 Å². The zero-order valence-corrected chi connectivity index (χ0v) is 16.2. The van der Waals surface area contributed by atoms with Gasteiger partial charge in [-0.25, -0.2) is 0 Å². The monoisotopic (exact) mass is 366 g/mol. The molecule has 0 radical (unpaired) electrons. The highest BCUT2D eigenvalue weighted by Crippen LogP contribution is 2.31. The molecule has 1 fully saturated rings. The quantitative estimate of drug-likeness (QED) is 0.659. The summed E-state index contributed by atoms with van der Waals surface area (Å²) in [4.78, 5) is 15.7. The van der Waals surface area contributed by atoms with E-state index in [-0.39, 0.29) is 5.43 Å². The highest BCUT2D eigenvalue weighted by molar-refractivity contribution is 7.24. The first-order valence-electron chi connectivity index (χ1n) is 9.65. The van der Waals surface area contributed by atoms with Crippen LogP contribution in [-0.2, 0) is 0 Å². The van der Waals surface area contributed by atoms with Crippen molar-refractivity contribution in [1.29, 1.82) is 0 Å². The van der Waals surface area contributed by atoms with Crippen LogP contribution in [0.4, 0.5) is 5.69 Å². The normalized spacial score (nSPS) is 16.0. The van der Waals surface area contributed by atoms with E-state index in [0.29, 0.717) is 0 Å². The molecule has 2 aromatic carbocycles. The second-order valence-electron chi connectivity index (χ2n) is 7.24. The van der Waals surface area contributed by atoms with E-state index in [1.165, 1.54) is 44.3 Å². The molecule has 1 aromatic heterocycles. The van der Waals surface area contributed by atoms with Crippen molar-refractivity contribution in [1.82, 2.24) is 4.90 Å². The highest BCUT2D eigenvalue weighted by atomic mass is 32.1. The zero-order chi connectivity index (χ0) is 17.9. The summed E-state index contributed by atoms with van der Waals surface area (Å²) in [7, 11) is 0. The Morgan fingerprint density at radius 2 is 1.81 bits per heavy atom. The average Bonchev–Trinajstić information content (AvgIpc) is 2.93. The van der Waals surface area contributed by atoms with Gasteiger partial charge in [0.25, 0.3) is 0 Å². The maximum absolute atomic E-state index is 13.1. The molecule has 0 saturated carbocycles. The molecular weight excluding hydrogens is 340 g/mol. The maximum atomic E-state index is 13.1. The average molecular weight is 367 g/mol. The summed E-state index contributed by atoms with van der Waals surface area (Å²) in [6.07, 6.45) is 5.35. The minimum atomic E-state index is 0.148. The van der Waals surface area contributed by atoms with Crippen molar-refractivity contribution in [2.75, 3.05) is 31.5 Å². The lowest BCUT2D eigenvalue weighted by molar-refractivity contribution is 0.296. The first-order valence-corrected chi connectivity index (χ1v) is 10.5. The molecule has 3 nitrogen and oxygen atoms in total.